The molecule has 2 nitrogen and oxygen atoms in total. The van der Waals surface area contributed by atoms with Gasteiger partial charge in [-0.25, -0.2) is 0 Å². The Hall–Kier alpha value is -0.570. The molecule has 1 aliphatic heterocycles. The second-order valence-corrected chi connectivity index (χ2v) is 5.38. The van der Waals surface area contributed by atoms with Crippen molar-refractivity contribution in [1.82, 2.24) is 4.90 Å². The molecule has 1 saturated heterocycles. The fourth-order valence-corrected chi connectivity index (χ4v) is 2.73. The number of halogens is 1. The first-order valence-electron chi connectivity index (χ1n) is 6.75. The van der Waals surface area contributed by atoms with Crippen molar-refractivity contribution in [3.63, 3.8) is 0 Å². The zero-order valence-corrected chi connectivity index (χ0v) is 11.8. The third-order valence-electron chi connectivity index (χ3n) is 3.36. The average Bonchev–Trinajstić information content (AvgIpc) is 2.39. The highest BCUT2D eigenvalue weighted by molar-refractivity contribution is 6.18. The van der Waals surface area contributed by atoms with Crippen molar-refractivity contribution < 1.29 is 4.74 Å². The van der Waals surface area contributed by atoms with E-state index in [0.717, 1.165) is 26.1 Å². The standard InChI is InChI=1S/C15H22ClNO/c1-13-11-17(12-15(10-16)18-13)9-5-8-14-6-3-2-4-7-14/h2-4,6-7,13,15H,5,8-12H2,1H3. The van der Waals surface area contributed by atoms with Crippen molar-refractivity contribution in [2.75, 3.05) is 25.5 Å². The quantitative estimate of drug-likeness (QED) is 0.761. The molecule has 18 heavy (non-hydrogen) atoms. The van der Waals surface area contributed by atoms with Gasteiger partial charge in [0, 0.05) is 19.0 Å². The molecule has 1 heterocycles. The van der Waals surface area contributed by atoms with E-state index in [9.17, 15) is 0 Å². The second kappa shape index (κ2) is 7.13. The van der Waals surface area contributed by atoms with Gasteiger partial charge in [0.15, 0.2) is 0 Å². The Morgan fingerprint density at radius 1 is 1.28 bits per heavy atom. The largest absolute Gasteiger partial charge is 0.371 e. The molecule has 0 aromatic heterocycles. The van der Waals surface area contributed by atoms with Crippen LogP contribution in [-0.2, 0) is 11.2 Å². The van der Waals surface area contributed by atoms with Gasteiger partial charge in [-0.3, -0.25) is 4.90 Å². The summed E-state index contributed by atoms with van der Waals surface area (Å²) in [5, 5.41) is 0. The second-order valence-electron chi connectivity index (χ2n) is 5.07. The van der Waals surface area contributed by atoms with Gasteiger partial charge < -0.3 is 4.74 Å². The highest BCUT2D eigenvalue weighted by Crippen LogP contribution is 2.13. The van der Waals surface area contributed by atoms with Gasteiger partial charge in [-0.15, -0.1) is 11.6 Å². The molecule has 0 bridgehead atoms. The van der Waals surface area contributed by atoms with E-state index >= 15 is 0 Å². The van der Waals surface area contributed by atoms with Gasteiger partial charge >= 0.3 is 0 Å². The lowest BCUT2D eigenvalue weighted by Crippen LogP contribution is -2.47. The van der Waals surface area contributed by atoms with Gasteiger partial charge in [0.1, 0.15) is 0 Å². The number of hydrogen-bond donors (Lipinski definition) is 0. The van der Waals surface area contributed by atoms with E-state index in [1.807, 2.05) is 0 Å². The van der Waals surface area contributed by atoms with Crippen LogP contribution in [0, 0.1) is 0 Å². The minimum absolute atomic E-state index is 0.201. The molecule has 0 aliphatic carbocycles. The van der Waals surface area contributed by atoms with Gasteiger partial charge in [-0.1, -0.05) is 30.3 Å². The summed E-state index contributed by atoms with van der Waals surface area (Å²) in [5.74, 6) is 0.597. The summed E-state index contributed by atoms with van der Waals surface area (Å²) in [6, 6.07) is 10.7. The van der Waals surface area contributed by atoms with E-state index < -0.39 is 0 Å². The fourth-order valence-electron chi connectivity index (χ4n) is 2.56. The van der Waals surface area contributed by atoms with E-state index in [1.165, 1.54) is 12.0 Å². The van der Waals surface area contributed by atoms with Crippen LogP contribution in [0.1, 0.15) is 18.9 Å². The molecule has 1 aromatic rings. The van der Waals surface area contributed by atoms with Crippen molar-refractivity contribution in [3.05, 3.63) is 35.9 Å². The molecule has 100 valence electrons. The van der Waals surface area contributed by atoms with Gasteiger partial charge in [-0.2, -0.15) is 0 Å². The highest BCUT2D eigenvalue weighted by atomic mass is 35.5. The molecule has 3 heteroatoms. The summed E-state index contributed by atoms with van der Waals surface area (Å²) in [6.45, 7) is 5.27. The number of benzene rings is 1. The summed E-state index contributed by atoms with van der Waals surface area (Å²) in [5.41, 5.74) is 1.42. The number of nitrogens with zero attached hydrogens (tertiary/aromatic N) is 1. The van der Waals surface area contributed by atoms with Crippen LogP contribution in [0.3, 0.4) is 0 Å². The first kappa shape index (κ1) is 13.9. The van der Waals surface area contributed by atoms with Crippen molar-refractivity contribution in [2.45, 2.75) is 32.0 Å². The number of alkyl halides is 1. The molecule has 2 rings (SSSR count). The van der Waals surface area contributed by atoms with Crippen molar-refractivity contribution in [3.8, 4) is 0 Å². The van der Waals surface area contributed by atoms with Crippen LogP contribution in [0.25, 0.3) is 0 Å². The maximum atomic E-state index is 5.89. The molecular formula is C15H22ClNO. The van der Waals surface area contributed by atoms with Crippen LogP contribution < -0.4 is 0 Å². The van der Waals surface area contributed by atoms with E-state index in [1.54, 1.807) is 0 Å². The SMILES string of the molecule is CC1CN(CCCc2ccccc2)CC(CCl)O1. The van der Waals surface area contributed by atoms with E-state index in [2.05, 4.69) is 42.2 Å². The van der Waals surface area contributed by atoms with Crippen LogP contribution in [0.5, 0.6) is 0 Å². The molecule has 1 aliphatic rings. The smallest absolute Gasteiger partial charge is 0.0841 e. The topological polar surface area (TPSA) is 12.5 Å². The predicted molar refractivity (Wildman–Crippen MR) is 76.3 cm³/mol. The van der Waals surface area contributed by atoms with Crippen LogP contribution in [0.15, 0.2) is 30.3 Å². The maximum absolute atomic E-state index is 5.89. The summed E-state index contributed by atoms with van der Waals surface area (Å²) < 4.78 is 5.76. The van der Waals surface area contributed by atoms with E-state index in [4.69, 9.17) is 16.3 Å². The third kappa shape index (κ3) is 4.27. The zero-order chi connectivity index (χ0) is 12.8. The molecule has 1 fully saturated rings. The molecule has 2 unspecified atom stereocenters. The Morgan fingerprint density at radius 3 is 2.78 bits per heavy atom. The monoisotopic (exact) mass is 267 g/mol. The van der Waals surface area contributed by atoms with Crippen LogP contribution in [0.2, 0.25) is 0 Å². The van der Waals surface area contributed by atoms with E-state index in [-0.39, 0.29) is 6.10 Å². The Morgan fingerprint density at radius 2 is 2.06 bits per heavy atom. The lowest BCUT2D eigenvalue weighted by atomic mass is 10.1. The van der Waals surface area contributed by atoms with Crippen LogP contribution >= 0.6 is 11.6 Å². The Bertz CT molecular complexity index is 344. The lowest BCUT2D eigenvalue weighted by Gasteiger charge is -2.36. The van der Waals surface area contributed by atoms with E-state index in [0.29, 0.717) is 12.0 Å². The van der Waals surface area contributed by atoms with Crippen molar-refractivity contribution >= 4 is 11.6 Å². The number of rotatable bonds is 5. The minimum atomic E-state index is 0.201. The summed E-state index contributed by atoms with van der Waals surface area (Å²) in [7, 11) is 0. The van der Waals surface area contributed by atoms with Gasteiger partial charge in [0.2, 0.25) is 0 Å². The minimum Gasteiger partial charge on any atom is -0.371 e. The predicted octanol–water partition coefficient (Wildman–Crippen LogP) is 2.95. The Labute approximate surface area is 115 Å². The first-order valence-corrected chi connectivity index (χ1v) is 7.29. The lowest BCUT2D eigenvalue weighted by molar-refractivity contribution is -0.0664. The Balaban J connectivity index is 1.73. The van der Waals surface area contributed by atoms with Crippen LogP contribution in [0.4, 0.5) is 0 Å². The van der Waals surface area contributed by atoms with Gasteiger partial charge in [0.25, 0.3) is 0 Å². The van der Waals surface area contributed by atoms with Crippen LogP contribution in [-0.4, -0.2) is 42.6 Å². The first-order chi connectivity index (χ1) is 8.78. The third-order valence-corrected chi connectivity index (χ3v) is 3.70. The molecule has 0 radical (unpaired) electrons. The molecule has 2 atom stereocenters. The number of ether oxygens (including phenoxy) is 1. The Kier molecular flexibility index (Phi) is 5.48. The summed E-state index contributed by atoms with van der Waals surface area (Å²) >= 11 is 5.89. The molecule has 0 amide bonds. The highest BCUT2D eigenvalue weighted by Gasteiger charge is 2.23. The van der Waals surface area contributed by atoms with Crippen molar-refractivity contribution in [2.24, 2.45) is 0 Å². The zero-order valence-electron chi connectivity index (χ0n) is 11.0. The fraction of sp³-hybridized carbons (Fsp3) is 0.600. The molecule has 1 aromatic carbocycles. The number of aryl methyl sites for hydroxylation is 1. The summed E-state index contributed by atoms with van der Waals surface area (Å²) in [4.78, 5) is 2.48. The molecule has 0 saturated carbocycles. The molecule has 0 N–H and O–H groups in total. The summed E-state index contributed by atoms with van der Waals surface area (Å²) in [6.07, 6.45) is 2.86. The molecule has 0 spiro atoms. The average molecular weight is 268 g/mol. The van der Waals surface area contributed by atoms with Gasteiger partial charge in [-0.05, 0) is 31.9 Å². The maximum Gasteiger partial charge on any atom is 0.0841 e. The van der Waals surface area contributed by atoms with Gasteiger partial charge in [0.05, 0.1) is 12.2 Å². The normalized spacial score (nSPS) is 25.2. The molecular weight excluding hydrogens is 246 g/mol. The number of morpholine rings is 1. The number of hydrogen-bond acceptors (Lipinski definition) is 2. The van der Waals surface area contributed by atoms with Crippen molar-refractivity contribution in [1.29, 1.82) is 0 Å².